The molecule has 3 N–H and O–H groups in total. The van der Waals surface area contributed by atoms with Crippen molar-refractivity contribution < 1.29 is 27.8 Å². The minimum absolute atomic E-state index is 0.0492. The molecule has 1 aliphatic rings. The Bertz CT molecular complexity index is 1140. The molecule has 36 heavy (non-hydrogen) atoms. The Kier molecular flexibility index (Phi) is 9.47. The van der Waals surface area contributed by atoms with Crippen LogP contribution in [0.25, 0.3) is 0 Å². The molecule has 2 atom stereocenters. The summed E-state index contributed by atoms with van der Waals surface area (Å²) in [4.78, 5) is 18.3. The summed E-state index contributed by atoms with van der Waals surface area (Å²) in [6, 6.07) is 15.2. The lowest BCUT2D eigenvalue weighted by Crippen LogP contribution is -2.55. The van der Waals surface area contributed by atoms with Crippen LogP contribution in [0.4, 0.5) is 0 Å². The molecule has 0 saturated heterocycles. The zero-order valence-corrected chi connectivity index (χ0v) is 21.8. The number of sulfone groups is 1. The number of benzene rings is 2. The SMILES string of the molecule is CC(C)CNNC(=O)[C@@]1(CCS(=O)(=O)c2ccccc2)N=C(c2ccc(OCCCO)cc2)O[C@H]1C. The van der Waals surface area contributed by atoms with Crippen molar-refractivity contribution in [2.24, 2.45) is 10.9 Å². The van der Waals surface area contributed by atoms with Gasteiger partial charge >= 0.3 is 0 Å². The van der Waals surface area contributed by atoms with Gasteiger partial charge in [-0.3, -0.25) is 10.2 Å². The van der Waals surface area contributed by atoms with E-state index in [0.29, 0.717) is 36.8 Å². The maximum absolute atomic E-state index is 13.4. The average Bonchev–Trinajstić information content (AvgIpc) is 3.21. The van der Waals surface area contributed by atoms with Gasteiger partial charge in [0.1, 0.15) is 11.9 Å². The van der Waals surface area contributed by atoms with Crippen molar-refractivity contribution in [1.29, 1.82) is 0 Å². The van der Waals surface area contributed by atoms with Gasteiger partial charge in [0.05, 0.1) is 17.3 Å². The number of aliphatic hydroxyl groups is 1. The molecule has 0 saturated carbocycles. The van der Waals surface area contributed by atoms with Crippen molar-refractivity contribution in [1.82, 2.24) is 10.9 Å². The molecule has 2 aromatic rings. The number of rotatable bonds is 13. The zero-order chi connectivity index (χ0) is 26.2. The van der Waals surface area contributed by atoms with Gasteiger partial charge in [-0.15, -0.1) is 0 Å². The fourth-order valence-electron chi connectivity index (χ4n) is 3.73. The zero-order valence-electron chi connectivity index (χ0n) is 20.9. The highest BCUT2D eigenvalue weighted by Gasteiger charge is 2.50. The molecule has 0 spiro atoms. The fraction of sp³-hybridized carbons (Fsp3) is 0.462. The maximum Gasteiger partial charge on any atom is 0.266 e. The number of hydrogen-bond donors (Lipinski definition) is 3. The first-order chi connectivity index (χ1) is 17.2. The Hall–Kier alpha value is -2.95. The molecule has 0 radical (unpaired) electrons. The van der Waals surface area contributed by atoms with Crippen molar-refractivity contribution >= 4 is 21.6 Å². The van der Waals surface area contributed by atoms with Crippen LogP contribution in [0.15, 0.2) is 64.5 Å². The predicted octanol–water partition coefficient (Wildman–Crippen LogP) is 2.49. The number of carbonyl (C=O) groups is 1. The molecule has 0 unspecified atom stereocenters. The van der Waals surface area contributed by atoms with Gasteiger partial charge < -0.3 is 14.6 Å². The van der Waals surface area contributed by atoms with Crippen molar-refractivity contribution in [3.8, 4) is 5.75 Å². The molecule has 2 aromatic carbocycles. The highest BCUT2D eigenvalue weighted by molar-refractivity contribution is 7.91. The highest BCUT2D eigenvalue weighted by Crippen LogP contribution is 2.33. The van der Waals surface area contributed by atoms with Gasteiger partial charge in [-0.05, 0) is 55.7 Å². The summed E-state index contributed by atoms with van der Waals surface area (Å²) in [6.45, 7) is 6.74. The standard InChI is InChI=1S/C26H35N3O6S/c1-19(2)18-27-29-25(31)26(14-17-36(32,33)23-8-5-4-6-9-23)20(3)35-24(28-26)21-10-12-22(13-11-21)34-16-7-15-30/h4-6,8-13,19-20,27,30H,7,14-18H2,1-3H3,(H,29,31)/t20-,26-/m0/s1. The lowest BCUT2D eigenvalue weighted by Gasteiger charge is -2.28. The number of ether oxygens (including phenoxy) is 2. The first kappa shape index (κ1) is 27.6. The number of amides is 1. The Morgan fingerprint density at radius 3 is 2.50 bits per heavy atom. The van der Waals surface area contributed by atoms with E-state index in [4.69, 9.17) is 14.6 Å². The van der Waals surface area contributed by atoms with Gasteiger partial charge in [0.15, 0.2) is 15.4 Å². The number of aliphatic imine (C=N–C) groups is 1. The number of nitrogens with zero attached hydrogens (tertiary/aromatic N) is 1. The normalized spacial score (nSPS) is 19.6. The van der Waals surface area contributed by atoms with Crippen LogP contribution in [0.5, 0.6) is 5.75 Å². The number of aliphatic hydroxyl groups excluding tert-OH is 1. The molecule has 9 nitrogen and oxygen atoms in total. The summed E-state index contributed by atoms with van der Waals surface area (Å²) < 4.78 is 37.6. The summed E-state index contributed by atoms with van der Waals surface area (Å²) >= 11 is 0. The third-order valence-corrected chi connectivity index (χ3v) is 7.63. The largest absolute Gasteiger partial charge is 0.494 e. The summed E-state index contributed by atoms with van der Waals surface area (Å²) in [6.07, 6.45) is -0.213. The molecule has 0 bridgehead atoms. The molecule has 0 aliphatic carbocycles. The first-order valence-electron chi connectivity index (χ1n) is 12.1. The van der Waals surface area contributed by atoms with E-state index in [1.54, 1.807) is 61.5 Å². The molecule has 1 amide bonds. The molecule has 10 heteroatoms. The maximum atomic E-state index is 13.4. The lowest BCUT2D eigenvalue weighted by atomic mass is 9.90. The Labute approximate surface area is 212 Å². The highest BCUT2D eigenvalue weighted by atomic mass is 32.2. The molecular weight excluding hydrogens is 482 g/mol. The topological polar surface area (TPSA) is 126 Å². The molecule has 1 heterocycles. The molecule has 196 valence electrons. The summed E-state index contributed by atoms with van der Waals surface area (Å²) in [5.74, 6) is 0.485. The van der Waals surface area contributed by atoms with Gasteiger partial charge in [-0.1, -0.05) is 32.0 Å². The minimum atomic E-state index is -3.64. The second-order valence-corrected chi connectivity index (χ2v) is 11.3. The van der Waals surface area contributed by atoms with E-state index in [1.807, 2.05) is 13.8 Å². The number of carbonyl (C=O) groups excluding carboxylic acids is 1. The summed E-state index contributed by atoms with van der Waals surface area (Å²) in [5, 5.41) is 8.90. The van der Waals surface area contributed by atoms with Crippen LogP contribution in [0.2, 0.25) is 0 Å². The van der Waals surface area contributed by atoms with Gasteiger partial charge in [0, 0.05) is 25.1 Å². The van der Waals surface area contributed by atoms with E-state index in [9.17, 15) is 13.2 Å². The molecule has 0 fully saturated rings. The third-order valence-electron chi connectivity index (χ3n) is 5.89. The fourth-order valence-corrected chi connectivity index (χ4v) is 5.12. The minimum Gasteiger partial charge on any atom is -0.494 e. The van der Waals surface area contributed by atoms with Gasteiger partial charge in [0.25, 0.3) is 5.91 Å². The Morgan fingerprint density at radius 2 is 1.86 bits per heavy atom. The van der Waals surface area contributed by atoms with Gasteiger partial charge in [0.2, 0.25) is 5.90 Å². The van der Waals surface area contributed by atoms with Crippen molar-refractivity contribution in [3.63, 3.8) is 0 Å². The molecule has 3 rings (SSSR count). The van der Waals surface area contributed by atoms with Gasteiger partial charge in [-0.25, -0.2) is 18.8 Å². The second-order valence-electron chi connectivity index (χ2n) is 9.16. The predicted molar refractivity (Wildman–Crippen MR) is 138 cm³/mol. The second kappa shape index (κ2) is 12.3. The smallest absolute Gasteiger partial charge is 0.266 e. The summed E-state index contributed by atoms with van der Waals surface area (Å²) in [5.41, 5.74) is 4.83. The monoisotopic (exact) mass is 517 g/mol. The Morgan fingerprint density at radius 1 is 1.17 bits per heavy atom. The van der Waals surface area contributed by atoms with E-state index >= 15 is 0 Å². The van der Waals surface area contributed by atoms with Crippen molar-refractivity contribution in [2.45, 2.75) is 50.2 Å². The molecule has 0 aromatic heterocycles. The van der Waals surface area contributed by atoms with Crippen LogP contribution < -0.4 is 15.6 Å². The van der Waals surface area contributed by atoms with Crippen LogP contribution in [0.1, 0.15) is 39.2 Å². The van der Waals surface area contributed by atoms with Crippen molar-refractivity contribution in [2.75, 3.05) is 25.5 Å². The van der Waals surface area contributed by atoms with E-state index < -0.39 is 27.4 Å². The number of nitrogens with one attached hydrogen (secondary N) is 2. The van der Waals surface area contributed by atoms with Crippen LogP contribution in [-0.2, 0) is 19.4 Å². The average molecular weight is 518 g/mol. The Balaban J connectivity index is 1.85. The van der Waals surface area contributed by atoms with E-state index in [0.717, 1.165) is 0 Å². The van der Waals surface area contributed by atoms with Gasteiger partial charge in [-0.2, -0.15) is 0 Å². The van der Waals surface area contributed by atoms with Crippen LogP contribution in [0.3, 0.4) is 0 Å². The molecule has 1 aliphatic heterocycles. The number of hydrazine groups is 1. The third kappa shape index (κ3) is 6.83. The van der Waals surface area contributed by atoms with E-state index in [2.05, 4.69) is 15.8 Å². The van der Waals surface area contributed by atoms with Crippen LogP contribution in [-0.4, -0.2) is 62.5 Å². The van der Waals surface area contributed by atoms with E-state index in [1.165, 1.54) is 0 Å². The lowest BCUT2D eigenvalue weighted by molar-refractivity contribution is -0.129. The van der Waals surface area contributed by atoms with Crippen molar-refractivity contribution in [3.05, 3.63) is 60.2 Å². The van der Waals surface area contributed by atoms with Crippen LogP contribution >= 0.6 is 0 Å². The number of hydrogen-bond acceptors (Lipinski definition) is 8. The quantitative estimate of drug-likeness (QED) is 0.275. The first-order valence-corrected chi connectivity index (χ1v) is 13.7. The molecular formula is C26H35N3O6S. The van der Waals surface area contributed by atoms with Crippen LogP contribution in [0, 0.1) is 5.92 Å². The van der Waals surface area contributed by atoms with E-state index in [-0.39, 0.29) is 29.6 Å². The summed E-state index contributed by atoms with van der Waals surface area (Å²) in [7, 11) is -3.64.